The van der Waals surface area contributed by atoms with Gasteiger partial charge in [0.05, 0.1) is 17.1 Å². The van der Waals surface area contributed by atoms with Crippen molar-refractivity contribution in [3.63, 3.8) is 0 Å². The van der Waals surface area contributed by atoms with Gasteiger partial charge < -0.3 is 4.74 Å². The van der Waals surface area contributed by atoms with E-state index in [0.717, 1.165) is 5.69 Å². The van der Waals surface area contributed by atoms with E-state index in [1.165, 1.54) is 6.08 Å². The maximum atomic E-state index is 11.7. The Balaban J connectivity index is 2.27. The van der Waals surface area contributed by atoms with Crippen LogP contribution in [-0.2, 0) is 16.1 Å². The highest BCUT2D eigenvalue weighted by Crippen LogP contribution is 2.19. The molecule has 0 spiro atoms. The molecule has 23 heavy (non-hydrogen) atoms. The van der Waals surface area contributed by atoms with Gasteiger partial charge in [0.2, 0.25) is 0 Å². The molecule has 0 fully saturated rings. The van der Waals surface area contributed by atoms with Crippen LogP contribution in [0.2, 0.25) is 0 Å². The fourth-order valence-corrected chi connectivity index (χ4v) is 2.07. The Labute approximate surface area is 135 Å². The van der Waals surface area contributed by atoms with Gasteiger partial charge in [0.15, 0.2) is 0 Å². The van der Waals surface area contributed by atoms with Gasteiger partial charge >= 0.3 is 5.97 Å². The number of nitriles is 1. The molecule has 0 amide bonds. The minimum absolute atomic E-state index is 0.0162. The minimum atomic E-state index is -0.467. The summed E-state index contributed by atoms with van der Waals surface area (Å²) in [7, 11) is 0. The highest BCUT2D eigenvalue weighted by molar-refractivity contribution is 5.82. The zero-order valence-electron chi connectivity index (χ0n) is 13.1. The molecule has 1 heterocycles. The zero-order valence-corrected chi connectivity index (χ0v) is 13.1. The molecule has 5 heteroatoms. The number of aromatic nitrogens is 2. The summed E-state index contributed by atoms with van der Waals surface area (Å²) in [5.41, 5.74) is 2.41. The Morgan fingerprint density at radius 3 is 2.74 bits per heavy atom. The number of benzene rings is 1. The molecule has 0 aliphatic heterocycles. The largest absolute Gasteiger partial charge is 0.456 e. The Morgan fingerprint density at radius 2 is 2.09 bits per heavy atom. The topological polar surface area (TPSA) is 67.9 Å². The summed E-state index contributed by atoms with van der Waals surface area (Å²) in [6, 6.07) is 11.6. The van der Waals surface area contributed by atoms with Gasteiger partial charge in [-0.05, 0) is 26.0 Å². The normalized spacial score (nSPS) is 11.0. The maximum absolute atomic E-state index is 11.7. The van der Waals surface area contributed by atoms with Gasteiger partial charge in [0.25, 0.3) is 0 Å². The lowest BCUT2D eigenvalue weighted by atomic mass is 10.2. The van der Waals surface area contributed by atoms with Crippen LogP contribution in [0.25, 0.3) is 5.69 Å². The summed E-state index contributed by atoms with van der Waals surface area (Å²) in [6.45, 7) is 3.60. The van der Waals surface area contributed by atoms with Crippen molar-refractivity contribution in [2.75, 3.05) is 0 Å². The number of carbonyl (C=O) groups is 1. The van der Waals surface area contributed by atoms with Gasteiger partial charge in [-0.25, -0.2) is 9.48 Å². The van der Waals surface area contributed by atoms with E-state index < -0.39 is 5.97 Å². The molecular weight excluding hydrogens is 290 g/mol. The van der Waals surface area contributed by atoms with E-state index in [1.54, 1.807) is 23.8 Å². The van der Waals surface area contributed by atoms with Crippen LogP contribution in [0.15, 0.2) is 54.6 Å². The van der Waals surface area contributed by atoms with Crippen LogP contribution in [0.3, 0.4) is 0 Å². The smallest absolute Gasteiger partial charge is 0.331 e. The van der Waals surface area contributed by atoms with Crippen molar-refractivity contribution >= 4 is 5.97 Å². The second kappa shape index (κ2) is 7.76. The van der Waals surface area contributed by atoms with E-state index in [-0.39, 0.29) is 6.61 Å². The lowest BCUT2D eigenvalue weighted by Gasteiger charge is -2.07. The highest BCUT2D eigenvalue weighted by atomic mass is 16.5. The molecule has 116 valence electrons. The zero-order chi connectivity index (χ0) is 16.7. The summed E-state index contributed by atoms with van der Waals surface area (Å²) >= 11 is 0. The molecule has 0 atom stereocenters. The Morgan fingerprint density at radius 1 is 1.35 bits per heavy atom. The van der Waals surface area contributed by atoms with E-state index in [9.17, 15) is 10.1 Å². The summed E-state index contributed by atoms with van der Waals surface area (Å²) in [6.07, 6.45) is 6.49. The maximum Gasteiger partial charge on any atom is 0.331 e. The fourth-order valence-electron chi connectivity index (χ4n) is 2.07. The number of aryl methyl sites for hydroxylation is 1. The van der Waals surface area contributed by atoms with E-state index >= 15 is 0 Å². The van der Waals surface area contributed by atoms with Crippen LogP contribution in [0.4, 0.5) is 0 Å². The second-order valence-electron chi connectivity index (χ2n) is 4.76. The third-order valence-electron chi connectivity index (χ3n) is 3.16. The van der Waals surface area contributed by atoms with Gasteiger partial charge in [-0.15, -0.1) is 0 Å². The first-order valence-electron chi connectivity index (χ1n) is 7.17. The van der Waals surface area contributed by atoms with Crippen molar-refractivity contribution in [3.05, 3.63) is 71.6 Å². The lowest BCUT2D eigenvalue weighted by molar-refractivity contribution is -0.139. The first kappa shape index (κ1) is 16.2. The van der Waals surface area contributed by atoms with Gasteiger partial charge in [-0.1, -0.05) is 36.4 Å². The monoisotopic (exact) mass is 307 g/mol. The Bertz CT molecular complexity index is 781. The number of hydrogen-bond acceptors (Lipinski definition) is 4. The molecule has 2 rings (SSSR count). The molecule has 0 saturated carbocycles. The third kappa shape index (κ3) is 3.95. The summed E-state index contributed by atoms with van der Waals surface area (Å²) < 4.78 is 6.86. The Kier molecular flexibility index (Phi) is 5.48. The van der Waals surface area contributed by atoms with Crippen molar-refractivity contribution in [1.82, 2.24) is 9.78 Å². The van der Waals surface area contributed by atoms with Crippen LogP contribution < -0.4 is 0 Å². The highest BCUT2D eigenvalue weighted by Gasteiger charge is 2.17. The molecule has 0 radical (unpaired) electrons. The van der Waals surface area contributed by atoms with Gasteiger partial charge in [0, 0.05) is 6.08 Å². The Hall–Kier alpha value is -3.13. The quantitative estimate of drug-likeness (QED) is 0.483. The molecule has 1 aromatic carbocycles. The number of para-hydroxylation sites is 1. The summed E-state index contributed by atoms with van der Waals surface area (Å²) in [5, 5.41) is 13.7. The van der Waals surface area contributed by atoms with Crippen LogP contribution in [0.1, 0.15) is 23.9 Å². The third-order valence-corrected chi connectivity index (χ3v) is 3.16. The number of nitrogens with zero attached hydrogens (tertiary/aromatic N) is 3. The van der Waals surface area contributed by atoms with Crippen molar-refractivity contribution in [2.45, 2.75) is 20.5 Å². The molecule has 0 N–H and O–H groups in total. The van der Waals surface area contributed by atoms with E-state index in [4.69, 9.17) is 4.74 Å². The molecule has 0 aliphatic carbocycles. The summed E-state index contributed by atoms with van der Waals surface area (Å²) in [4.78, 5) is 11.7. The second-order valence-corrected chi connectivity index (χ2v) is 4.76. The van der Waals surface area contributed by atoms with Crippen LogP contribution in [0, 0.1) is 18.3 Å². The first-order valence-corrected chi connectivity index (χ1v) is 7.17. The number of allylic oxidation sites excluding steroid dienone is 3. The van der Waals surface area contributed by atoms with E-state index in [1.807, 2.05) is 43.3 Å². The average molecular weight is 307 g/mol. The molecular formula is C18H17N3O2. The van der Waals surface area contributed by atoms with Gasteiger partial charge in [0.1, 0.15) is 18.2 Å². The van der Waals surface area contributed by atoms with Crippen molar-refractivity contribution < 1.29 is 9.53 Å². The van der Waals surface area contributed by atoms with E-state index in [0.29, 0.717) is 17.0 Å². The van der Waals surface area contributed by atoms with Crippen molar-refractivity contribution in [2.24, 2.45) is 0 Å². The molecule has 0 saturated heterocycles. The number of hydrogen-bond donors (Lipinski definition) is 0. The molecule has 0 aliphatic rings. The molecule has 5 nitrogen and oxygen atoms in total. The number of ether oxygens (including phenoxy) is 1. The first-order chi connectivity index (χ1) is 11.2. The fraction of sp³-hybridized carbons (Fsp3) is 0.167. The molecule has 0 unspecified atom stereocenters. The average Bonchev–Trinajstić information content (AvgIpc) is 2.89. The predicted molar refractivity (Wildman–Crippen MR) is 86.8 cm³/mol. The van der Waals surface area contributed by atoms with Crippen molar-refractivity contribution in [1.29, 1.82) is 5.26 Å². The van der Waals surface area contributed by atoms with E-state index in [2.05, 4.69) is 11.2 Å². The minimum Gasteiger partial charge on any atom is -0.456 e. The lowest BCUT2D eigenvalue weighted by Crippen LogP contribution is -2.08. The molecule has 2 aromatic rings. The van der Waals surface area contributed by atoms with Gasteiger partial charge in [-0.2, -0.15) is 10.4 Å². The predicted octanol–water partition coefficient (Wildman–Crippen LogP) is 3.23. The molecule has 1 aromatic heterocycles. The molecule has 0 bridgehead atoms. The van der Waals surface area contributed by atoms with Gasteiger partial charge in [-0.3, -0.25) is 0 Å². The van der Waals surface area contributed by atoms with Crippen LogP contribution in [0.5, 0.6) is 0 Å². The number of carbonyl (C=O) groups excluding carboxylic acids is 1. The standard InChI is InChI=1S/C18H17N3O2/c1-3-4-6-11-18(22)23-13-17-16(12-19)14(2)20-21(17)15-9-7-5-8-10-15/h3-11H,13H2,1-2H3/b4-3+,11-6+. The number of rotatable bonds is 5. The van der Waals surface area contributed by atoms with Crippen LogP contribution in [-0.4, -0.2) is 15.7 Å². The SMILES string of the molecule is C/C=C/C=C/C(=O)OCc1c(C#N)c(C)nn1-c1ccccc1. The van der Waals surface area contributed by atoms with Crippen molar-refractivity contribution in [3.8, 4) is 11.8 Å². The summed E-state index contributed by atoms with van der Waals surface area (Å²) in [5.74, 6) is -0.467. The van der Waals surface area contributed by atoms with Crippen LogP contribution >= 0.6 is 0 Å². The number of esters is 1.